The zero-order valence-electron chi connectivity index (χ0n) is 25.9. The third-order valence-electron chi connectivity index (χ3n) is 10.6. The maximum atomic E-state index is 14.2. The minimum atomic E-state index is -0.578. The van der Waals surface area contributed by atoms with Gasteiger partial charge in [-0.3, -0.25) is 9.48 Å². The van der Waals surface area contributed by atoms with Gasteiger partial charge in [0.15, 0.2) is 0 Å². The number of hydrogen-bond donors (Lipinski definition) is 2. The molecule has 3 aliphatic rings. The highest BCUT2D eigenvalue weighted by Gasteiger charge is 2.44. The van der Waals surface area contributed by atoms with E-state index < -0.39 is 11.6 Å². The fourth-order valence-corrected chi connectivity index (χ4v) is 8.16. The Labute approximate surface area is 270 Å². The minimum Gasteiger partial charge on any atom is -0.380 e. The zero-order chi connectivity index (χ0) is 31.2. The number of anilines is 1. The third-order valence-corrected chi connectivity index (χ3v) is 10.8. The van der Waals surface area contributed by atoms with Gasteiger partial charge in [0, 0.05) is 42.8 Å². The molecule has 1 atom stereocenters. The van der Waals surface area contributed by atoms with Crippen LogP contribution in [-0.2, 0) is 17.8 Å². The standard InChI is InChI=1S/C35H45ClF2N6O/c36-27-8-6-25(7-9-27)20-33(42-30-13-11-29(12-14-30)41-32-15-10-28(37)21-31(32)38)34(45)43-18-16-35(17-19-43,22-44-24-39-23-40-44)26-4-2-1-3-5-26/h6-10,15,21,23-24,26,29-30,33,41-42H,1-5,11-14,16-20,22H2/t29-,30-,33-/m1/s1. The molecule has 0 radical (unpaired) electrons. The second-order valence-corrected chi connectivity index (χ2v) is 13.9. The van der Waals surface area contributed by atoms with Crippen LogP contribution in [0.25, 0.3) is 0 Å². The summed E-state index contributed by atoms with van der Waals surface area (Å²) in [5.74, 6) is -0.329. The molecule has 1 saturated heterocycles. The second-order valence-electron chi connectivity index (χ2n) is 13.5. The molecular weight excluding hydrogens is 594 g/mol. The topological polar surface area (TPSA) is 75.1 Å². The quantitative estimate of drug-likeness (QED) is 0.250. The average molecular weight is 639 g/mol. The molecule has 242 valence electrons. The molecule has 3 aromatic rings. The van der Waals surface area contributed by atoms with E-state index in [1.54, 1.807) is 6.33 Å². The van der Waals surface area contributed by atoms with E-state index >= 15 is 0 Å². The van der Waals surface area contributed by atoms with Crippen molar-refractivity contribution in [1.29, 1.82) is 0 Å². The van der Waals surface area contributed by atoms with Gasteiger partial charge >= 0.3 is 0 Å². The molecule has 7 nitrogen and oxygen atoms in total. The molecule has 2 saturated carbocycles. The van der Waals surface area contributed by atoms with Crippen molar-refractivity contribution in [3.8, 4) is 0 Å². The molecule has 3 fully saturated rings. The van der Waals surface area contributed by atoms with Crippen LogP contribution in [0.4, 0.5) is 14.5 Å². The van der Waals surface area contributed by atoms with Crippen LogP contribution >= 0.6 is 11.6 Å². The molecule has 2 aromatic carbocycles. The first-order valence-corrected chi connectivity index (χ1v) is 17.1. The Balaban J connectivity index is 1.11. The number of rotatable bonds is 10. The Morgan fingerprint density at radius 2 is 1.67 bits per heavy atom. The number of carbonyl (C=O) groups excluding carboxylic acids is 1. The van der Waals surface area contributed by atoms with Crippen molar-refractivity contribution in [2.75, 3.05) is 18.4 Å². The summed E-state index contributed by atoms with van der Waals surface area (Å²) in [4.78, 5) is 20.5. The van der Waals surface area contributed by atoms with Gasteiger partial charge in [0.2, 0.25) is 5.91 Å². The van der Waals surface area contributed by atoms with Crippen LogP contribution in [0, 0.1) is 23.0 Å². The Morgan fingerprint density at radius 3 is 2.33 bits per heavy atom. The SMILES string of the molecule is O=C([C@@H](Cc1ccc(Cl)cc1)N[C@H]1CC[C@H](Nc2ccc(F)cc2F)CC1)N1CCC(Cn2cncn2)(C2CCCCC2)CC1. The van der Waals surface area contributed by atoms with Gasteiger partial charge in [-0.15, -0.1) is 0 Å². The highest BCUT2D eigenvalue weighted by molar-refractivity contribution is 6.30. The van der Waals surface area contributed by atoms with Crippen LogP contribution in [0.2, 0.25) is 5.02 Å². The van der Waals surface area contributed by atoms with Crippen LogP contribution in [0.5, 0.6) is 0 Å². The maximum Gasteiger partial charge on any atom is 0.240 e. The molecule has 1 aromatic heterocycles. The van der Waals surface area contributed by atoms with Gasteiger partial charge in [0.05, 0.1) is 11.7 Å². The van der Waals surface area contributed by atoms with Crippen molar-refractivity contribution in [2.45, 2.75) is 102 Å². The van der Waals surface area contributed by atoms with Gasteiger partial charge in [0.25, 0.3) is 0 Å². The van der Waals surface area contributed by atoms with Crippen molar-refractivity contribution in [3.63, 3.8) is 0 Å². The van der Waals surface area contributed by atoms with Crippen molar-refractivity contribution >= 4 is 23.2 Å². The summed E-state index contributed by atoms with van der Waals surface area (Å²) in [6.45, 7) is 2.37. The van der Waals surface area contributed by atoms with E-state index in [9.17, 15) is 13.6 Å². The number of carbonyl (C=O) groups is 1. The lowest BCUT2D eigenvalue weighted by molar-refractivity contribution is -0.137. The predicted molar refractivity (Wildman–Crippen MR) is 173 cm³/mol. The van der Waals surface area contributed by atoms with Crippen LogP contribution < -0.4 is 10.6 Å². The van der Waals surface area contributed by atoms with Crippen molar-refractivity contribution in [3.05, 3.63) is 77.3 Å². The van der Waals surface area contributed by atoms with Crippen LogP contribution in [-0.4, -0.2) is 56.8 Å². The largest absolute Gasteiger partial charge is 0.380 e. The average Bonchev–Trinajstić information content (AvgIpc) is 3.57. The Morgan fingerprint density at radius 1 is 0.956 bits per heavy atom. The van der Waals surface area contributed by atoms with Gasteiger partial charge < -0.3 is 15.5 Å². The predicted octanol–water partition coefficient (Wildman–Crippen LogP) is 7.02. The number of piperidine rings is 1. The molecular formula is C35H45ClF2N6O. The summed E-state index contributed by atoms with van der Waals surface area (Å²) in [5.41, 5.74) is 1.55. The van der Waals surface area contributed by atoms with E-state index in [2.05, 4.69) is 25.6 Å². The van der Waals surface area contributed by atoms with E-state index in [1.165, 1.54) is 44.2 Å². The van der Waals surface area contributed by atoms with Crippen LogP contribution in [0.1, 0.15) is 76.2 Å². The highest BCUT2D eigenvalue weighted by Crippen LogP contribution is 2.47. The number of amides is 1. The summed E-state index contributed by atoms with van der Waals surface area (Å²) in [5, 5.41) is 12.1. The van der Waals surface area contributed by atoms with Crippen molar-refractivity contribution in [1.82, 2.24) is 25.0 Å². The van der Waals surface area contributed by atoms with Gasteiger partial charge in [-0.1, -0.05) is 43.0 Å². The Kier molecular flexibility index (Phi) is 10.3. The van der Waals surface area contributed by atoms with E-state index in [-0.39, 0.29) is 29.4 Å². The van der Waals surface area contributed by atoms with E-state index in [0.29, 0.717) is 23.0 Å². The number of hydrogen-bond acceptors (Lipinski definition) is 5. The number of halogens is 3. The number of nitrogens with one attached hydrogen (secondary N) is 2. The molecule has 2 heterocycles. The fraction of sp³-hybridized carbons (Fsp3) is 0.571. The summed E-state index contributed by atoms with van der Waals surface area (Å²) >= 11 is 6.17. The monoisotopic (exact) mass is 638 g/mol. The molecule has 0 spiro atoms. The highest BCUT2D eigenvalue weighted by atomic mass is 35.5. The van der Waals surface area contributed by atoms with Crippen LogP contribution in [0.15, 0.2) is 55.1 Å². The Hall–Kier alpha value is -3.04. The molecule has 45 heavy (non-hydrogen) atoms. The molecule has 1 amide bonds. The number of likely N-dealkylation sites (tertiary alicyclic amines) is 1. The minimum absolute atomic E-state index is 0.105. The number of nitrogens with zero attached hydrogens (tertiary/aromatic N) is 4. The normalized spacial score (nSPS) is 23.0. The zero-order valence-corrected chi connectivity index (χ0v) is 26.7. The maximum absolute atomic E-state index is 14.2. The second kappa shape index (κ2) is 14.6. The first-order chi connectivity index (χ1) is 21.9. The lowest BCUT2D eigenvalue weighted by atomic mass is 9.63. The van der Waals surface area contributed by atoms with E-state index in [1.807, 2.05) is 35.3 Å². The van der Waals surface area contributed by atoms with E-state index in [0.717, 1.165) is 69.8 Å². The fourth-order valence-electron chi connectivity index (χ4n) is 8.03. The van der Waals surface area contributed by atoms with Crippen molar-refractivity contribution < 1.29 is 13.6 Å². The summed E-state index contributed by atoms with van der Waals surface area (Å²) in [7, 11) is 0. The molecule has 1 aliphatic heterocycles. The molecule has 6 rings (SSSR count). The molecule has 2 N–H and O–H groups in total. The number of benzene rings is 2. The summed E-state index contributed by atoms with van der Waals surface area (Å²) in [6.07, 6.45) is 15.8. The number of aromatic nitrogens is 3. The van der Waals surface area contributed by atoms with Crippen molar-refractivity contribution in [2.24, 2.45) is 11.3 Å². The van der Waals surface area contributed by atoms with E-state index in [4.69, 9.17) is 11.6 Å². The first kappa shape index (κ1) is 31.9. The smallest absolute Gasteiger partial charge is 0.240 e. The first-order valence-electron chi connectivity index (χ1n) is 16.7. The summed E-state index contributed by atoms with van der Waals surface area (Å²) < 4.78 is 29.6. The van der Waals surface area contributed by atoms with Gasteiger partial charge in [0.1, 0.15) is 24.3 Å². The molecule has 10 heteroatoms. The Bertz CT molecular complexity index is 1380. The third kappa shape index (κ3) is 8.04. The summed E-state index contributed by atoms with van der Waals surface area (Å²) in [6, 6.07) is 11.4. The van der Waals surface area contributed by atoms with Gasteiger partial charge in [-0.2, -0.15) is 5.10 Å². The van der Waals surface area contributed by atoms with Gasteiger partial charge in [-0.05, 0) is 98.9 Å². The lowest BCUT2D eigenvalue weighted by Crippen LogP contribution is -2.55. The molecule has 2 aliphatic carbocycles. The molecule has 0 bridgehead atoms. The van der Waals surface area contributed by atoms with Crippen LogP contribution in [0.3, 0.4) is 0 Å². The lowest BCUT2D eigenvalue weighted by Gasteiger charge is -2.48. The van der Waals surface area contributed by atoms with Gasteiger partial charge in [-0.25, -0.2) is 13.8 Å². The molecule has 0 unspecified atom stereocenters.